The van der Waals surface area contributed by atoms with Crippen LogP contribution < -0.4 is 14.8 Å². The molecule has 0 amide bonds. The number of benzene rings is 1. The van der Waals surface area contributed by atoms with Gasteiger partial charge in [0, 0.05) is 19.0 Å². The van der Waals surface area contributed by atoms with E-state index in [1.807, 2.05) is 0 Å². The Balaban J connectivity index is 1.62. The van der Waals surface area contributed by atoms with E-state index in [9.17, 15) is 0 Å². The lowest BCUT2D eigenvalue weighted by molar-refractivity contribution is 0.358. The summed E-state index contributed by atoms with van der Waals surface area (Å²) in [7, 11) is 3.21. The van der Waals surface area contributed by atoms with Gasteiger partial charge in [-0.2, -0.15) is 0 Å². The Hall–Kier alpha value is -2.14. The first-order valence-electron chi connectivity index (χ1n) is 7.04. The van der Waals surface area contributed by atoms with Gasteiger partial charge < -0.3 is 14.8 Å². The number of nitrogens with one attached hydrogen (secondary N) is 1. The maximum Gasteiger partial charge on any atom is 0.224 e. The van der Waals surface area contributed by atoms with E-state index in [2.05, 4.69) is 39.6 Å². The summed E-state index contributed by atoms with van der Waals surface area (Å²) in [6.07, 6.45) is 2.59. The van der Waals surface area contributed by atoms with Crippen molar-refractivity contribution in [1.29, 1.82) is 0 Å². The molecular formula is C16H19N3O2. The van der Waals surface area contributed by atoms with E-state index < -0.39 is 0 Å². The minimum atomic E-state index is 0.559. The normalized spacial score (nSPS) is 16.0. The summed E-state index contributed by atoms with van der Waals surface area (Å²) in [4.78, 5) is 8.24. The zero-order valence-corrected chi connectivity index (χ0v) is 12.3. The second kappa shape index (κ2) is 6.10. The van der Waals surface area contributed by atoms with Crippen molar-refractivity contribution in [1.82, 2.24) is 15.3 Å². The van der Waals surface area contributed by atoms with Crippen LogP contribution in [-0.2, 0) is 13.0 Å². The average Bonchev–Trinajstić information content (AvgIpc) is 2.51. The number of fused-ring (bicyclic) bond motifs is 1. The fourth-order valence-electron chi connectivity index (χ4n) is 2.80. The molecule has 2 aromatic rings. The second-order valence-electron chi connectivity index (χ2n) is 5.10. The second-order valence-corrected chi connectivity index (χ2v) is 5.10. The lowest BCUT2D eigenvalue weighted by atomic mass is 9.77. The molecule has 21 heavy (non-hydrogen) atoms. The zero-order chi connectivity index (χ0) is 14.7. The Bertz CT molecular complexity index is 608. The van der Waals surface area contributed by atoms with E-state index in [1.54, 1.807) is 14.2 Å². The monoisotopic (exact) mass is 285 g/mol. The van der Waals surface area contributed by atoms with E-state index in [0.717, 1.165) is 18.5 Å². The van der Waals surface area contributed by atoms with Crippen LogP contribution in [0.15, 0.2) is 30.6 Å². The van der Waals surface area contributed by atoms with Crippen LogP contribution in [0.4, 0.5) is 0 Å². The van der Waals surface area contributed by atoms with E-state index in [-0.39, 0.29) is 0 Å². The van der Waals surface area contributed by atoms with Crippen molar-refractivity contribution in [2.45, 2.75) is 18.9 Å². The predicted octanol–water partition coefficient (Wildman–Crippen LogP) is 1.92. The van der Waals surface area contributed by atoms with Crippen LogP contribution in [0, 0.1) is 0 Å². The van der Waals surface area contributed by atoms with Gasteiger partial charge in [-0.25, -0.2) is 9.97 Å². The van der Waals surface area contributed by atoms with Gasteiger partial charge in [0.05, 0.1) is 19.8 Å². The average molecular weight is 285 g/mol. The molecule has 1 atom stereocenters. The molecule has 1 aromatic heterocycles. The Labute approximate surface area is 124 Å². The SMILES string of the molecule is COc1ncnc(OC)c1CNCC1Cc2ccccc21. The van der Waals surface area contributed by atoms with Crippen molar-refractivity contribution in [3.63, 3.8) is 0 Å². The van der Waals surface area contributed by atoms with Gasteiger partial charge >= 0.3 is 0 Å². The van der Waals surface area contributed by atoms with Crippen molar-refractivity contribution >= 4 is 0 Å². The highest BCUT2D eigenvalue weighted by molar-refractivity contribution is 5.40. The largest absolute Gasteiger partial charge is 0.481 e. The molecular weight excluding hydrogens is 266 g/mol. The number of nitrogens with zero attached hydrogens (tertiary/aromatic N) is 2. The Morgan fingerprint density at radius 3 is 2.52 bits per heavy atom. The molecule has 5 nitrogen and oxygen atoms in total. The number of rotatable bonds is 6. The third-order valence-corrected chi connectivity index (χ3v) is 3.91. The van der Waals surface area contributed by atoms with Crippen LogP contribution in [0.25, 0.3) is 0 Å². The van der Waals surface area contributed by atoms with Crippen molar-refractivity contribution in [2.24, 2.45) is 0 Å². The molecule has 0 fully saturated rings. The zero-order valence-electron chi connectivity index (χ0n) is 12.3. The molecule has 0 radical (unpaired) electrons. The van der Waals surface area contributed by atoms with E-state index >= 15 is 0 Å². The number of aromatic nitrogens is 2. The third-order valence-electron chi connectivity index (χ3n) is 3.91. The fourth-order valence-corrected chi connectivity index (χ4v) is 2.80. The van der Waals surface area contributed by atoms with Crippen molar-refractivity contribution in [2.75, 3.05) is 20.8 Å². The summed E-state index contributed by atoms with van der Waals surface area (Å²) in [5, 5.41) is 3.45. The molecule has 5 heteroatoms. The first-order valence-corrected chi connectivity index (χ1v) is 7.04. The number of hydrogen-bond donors (Lipinski definition) is 1. The van der Waals surface area contributed by atoms with Gasteiger partial charge in [-0.05, 0) is 17.5 Å². The van der Waals surface area contributed by atoms with E-state index in [0.29, 0.717) is 24.2 Å². The molecule has 0 aliphatic heterocycles. The minimum Gasteiger partial charge on any atom is -0.481 e. The van der Waals surface area contributed by atoms with E-state index in [4.69, 9.17) is 9.47 Å². The number of methoxy groups -OCH3 is 2. The molecule has 1 aromatic carbocycles. The molecule has 0 saturated heterocycles. The topological polar surface area (TPSA) is 56.3 Å². The highest BCUT2D eigenvalue weighted by Gasteiger charge is 2.25. The fraction of sp³-hybridized carbons (Fsp3) is 0.375. The van der Waals surface area contributed by atoms with Gasteiger partial charge in [-0.3, -0.25) is 0 Å². The summed E-state index contributed by atoms with van der Waals surface area (Å²) in [6.45, 7) is 1.56. The maximum absolute atomic E-state index is 5.27. The molecule has 110 valence electrons. The van der Waals surface area contributed by atoms with Crippen LogP contribution in [-0.4, -0.2) is 30.7 Å². The van der Waals surface area contributed by atoms with Crippen LogP contribution in [0.2, 0.25) is 0 Å². The third kappa shape index (κ3) is 2.69. The summed E-state index contributed by atoms with van der Waals surface area (Å²) in [6, 6.07) is 8.60. The predicted molar refractivity (Wildman–Crippen MR) is 79.7 cm³/mol. The molecule has 1 unspecified atom stereocenters. The Kier molecular flexibility index (Phi) is 4.01. The van der Waals surface area contributed by atoms with Gasteiger partial charge in [-0.1, -0.05) is 24.3 Å². The number of hydrogen-bond acceptors (Lipinski definition) is 5. The quantitative estimate of drug-likeness (QED) is 0.879. The molecule has 0 spiro atoms. The lowest BCUT2D eigenvalue weighted by Crippen LogP contribution is -2.29. The molecule has 1 heterocycles. The standard InChI is InChI=1S/C16H19N3O2/c1-20-15-14(16(21-2)19-10-18-15)9-17-8-12-7-11-5-3-4-6-13(11)12/h3-6,10,12,17H,7-9H2,1-2H3. The molecule has 1 aliphatic carbocycles. The Morgan fingerprint density at radius 1 is 1.14 bits per heavy atom. The van der Waals surface area contributed by atoms with Crippen LogP contribution in [0.3, 0.4) is 0 Å². The smallest absolute Gasteiger partial charge is 0.224 e. The van der Waals surface area contributed by atoms with Crippen molar-refractivity contribution in [3.05, 3.63) is 47.3 Å². The van der Waals surface area contributed by atoms with Crippen LogP contribution in [0.5, 0.6) is 11.8 Å². The summed E-state index contributed by atoms with van der Waals surface area (Å²) in [5.41, 5.74) is 3.77. The number of ether oxygens (including phenoxy) is 2. The summed E-state index contributed by atoms with van der Waals surface area (Å²) >= 11 is 0. The van der Waals surface area contributed by atoms with Crippen LogP contribution >= 0.6 is 0 Å². The summed E-state index contributed by atoms with van der Waals surface area (Å²) in [5.74, 6) is 1.70. The first-order chi connectivity index (χ1) is 10.3. The lowest BCUT2D eigenvalue weighted by Gasteiger charge is -2.30. The van der Waals surface area contributed by atoms with Gasteiger partial charge in [0.1, 0.15) is 6.33 Å². The van der Waals surface area contributed by atoms with E-state index in [1.165, 1.54) is 17.5 Å². The highest BCUT2D eigenvalue weighted by atomic mass is 16.5. The first kappa shape index (κ1) is 13.8. The van der Waals surface area contributed by atoms with Gasteiger partial charge in [0.2, 0.25) is 11.8 Å². The van der Waals surface area contributed by atoms with Crippen molar-refractivity contribution < 1.29 is 9.47 Å². The Morgan fingerprint density at radius 2 is 1.86 bits per heavy atom. The molecule has 1 aliphatic rings. The van der Waals surface area contributed by atoms with Gasteiger partial charge in [0.15, 0.2) is 0 Å². The minimum absolute atomic E-state index is 0.559. The molecule has 3 rings (SSSR count). The van der Waals surface area contributed by atoms with Crippen molar-refractivity contribution in [3.8, 4) is 11.8 Å². The molecule has 0 bridgehead atoms. The van der Waals surface area contributed by atoms with Crippen LogP contribution in [0.1, 0.15) is 22.6 Å². The molecule has 1 N–H and O–H groups in total. The molecule has 0 saturated carbocycles. The highest BCUT2D eigenvalue weighted by Crippen LogP contribution is 2.34. The summed E-state index contributed by atoms with van der Waals surface area (Å²) < 4.78 is 10.5. The maximum atomic E-state index is 5.27. The van der Waals surface area contributed by atoms with Gasteiger partial charge in [-0.15, -0.1) is 0 Å². The van der Waals surface area contributed by atoms with Gasteiger partial charge in [0.25, 0.3) is 0 Å².